The van der Waals surface area contributed by atoms with Gasteiger partial charge in [-0.25, -0.2) is 4.98 Å². The quantitative estimate of drug-likeness (QED) is 0.789. The number of aliphatic carboxylic acids is 1. The molecule has 0 saturated carbocycles. The molecule has 1 N–H and O–H groups in total. The number of nitriles is 1. The third-order valence-corrected chi connectivity index (χ3v) is 2.32. The van der Waals surface area contributed by atoms with Crippen molar-refractivity contribution in [2.45, 2.75) is 6.92 Å². The summed E-state index contributed by atoms with van der Waals surface area (Å²) in [7, 11) is 0. The zero-order valence-corrected chi connectivity index (χ0v) is 10.3. The molecule has 19 heavy (non-hydrogen) atoms. The van der Waals surface area contributed by atoms with Crippen molar-refractivity contribution in [1.29, 1.82) is 5.26 Å². The highest BCUT2D eigenvalue weighted by atomic mass is 16.4. The number of hydrogen-bond donors (Lipinski definition) is 1. The Morgan fingerprint density at radius 2 is 2.21 bits per heavy atom. The van der Waals surface area contributed by atoms with Crippen molar-refractivity contribution in [3.8, 4) is 18.4 Å². The highest BCUT2D eigenvalue weighted by Gasteiger charge is 2.19. The Bertz CT molecular complexity index is 596. The maximum atomic E-state index is 12.0. The molecule has 0 saturated heterocycles. The number of amides is 1. The van der Waals surface area contributed by atoms with Gasteiger partial charge in [-0.3, -0.25) is 9.59 Å². The standard InChI is InChI=1S/C13H11N3O3/c1-3-6-16(8-12(17)18)13(19)11-5-4-10(7-14)9(2)15-11/h1,4-5H,6,8H2,2H3,(H,17,18). The molecule has 6 nitrogen and oxygen atoms in total. The predicted molar refractivity (Wildman–Crippen MR) is 66.1 cm³/mol. The Morgan fingerprint density at radius 3 is 2.68 bits per heavy atom. The van der Waals surface area contributed by atoms with E-state index >= 15 is 0 Å². The first-order valence-corrected chi connectivity index (χ1v) is 5.32. The Kier molecular flexibility index (Phi) is 4.62. The van der Waals surface area contributed by atoms with E-state index in [9.17, 15) is 9.59 Å². The van der Waals surface area contributed by atoms with Crippen molar-refractivity contribution in [1.82, 2.24) is 9.88 Å². The van der Waals surface area contributed by atoms with E-state index in [-0.39, 0.29) is 12.2 Å². The van der Waals surface area contributed by atoms with Crippen LogP contribution in [0.25, 0.3) is 0 Å². The number of hydrogen-bond acceptors (Lipinski definition) is 4. The molecule has 0 aliphatic heterocycles. The van der Waals surface area contributed by atoms with Crippen LogP contribution in [0.5, 0.6) is 0 Å². The molecular weight excluding hydrogens is 246 g/mol. The van der Waals surface area contributed by atoms with Crippen molar-refractivity contribution < 1.29 is 14.7 Å². The summed E-state index contributed by atoms with van der Waals surface area (Å²) in [5, 5.41) is 17.5. The molecular formula is C13H11N3O3. The van der Waals surface area contributed by atoms with Gasteiger partial charge in [0, 0.05) is 0 Å². The zero-order valence-electron chi connectivity index (χ0n) is 10.3. The summed E-state index contributed by atoms with van der Waals surface area (Å²) >= 11 is 0. The molecule has 0 unspecified atom stereocenters. The molecule has 0 fully saturated rings. The van der Waals surface area contributed by atoms with Gasteiger partial charge in [-0.05, 0) is 19.1 Å². The van der Waals surface area contributed by atoms with Gasteiger partial charge in [0.15, 0.2) is 0 Å². The minimum absolute atomic E-state index is 0.0630. The van der Waals surface area contributed by atoms with Crippen LogP contribution in [0.1, 0.15) is 21.7 Å². The van der Waals surface area contributed by atoms with Crippen molar-refractivity contribution >= 4 is 11.9 Å². The predicted octanol–water partition coefficient (Wildman–Crippen LogP) is 0.422. The number of rotatable bonds is 4. The van der Waals surface area contributed by atoms with Crippen LogP contribution in [-0.4, -0.2) is 40.0 Å². The number of aromatic nitrogens is 1. The highest BCUT2D eigenvalue weighted by molar-refractivity contribution is 5.94. The molecule has 1 aromatic rings. The van der Waals surface area contributed by atoms with E-state index in [1.165, 1.54) is 12.1 Å². The van der Waals surface area contributed by atoms with Gasteiger partial charge in [0.25, 0.3) is 5.91 Å². The molecule has 0 aliphatic rings. The fourth-order valence-corrected chi connectivity index (χ4v) is 1.43. The van der Waals surface area contributed by atoms with E-state index in [0.717, 1.165) is 4.90 Å². The molecule has 96 valence electrons. The molecule has 0 atom stereocenters. The number of terminal acetylenes is 1. The van der Waals surface area contributed by atoms with Gasteiger partial charge < -0.3 is 10.0 Å². The molecule has 6 heteroatoms. The van der Waals surface area contributed by atoms with E-state index in [0.29, 0.717) is 11.3 Å². The van der Waals surface area contributed by atoms with E-state index in [4.69, 9.17) is 16.8 Å². The summed E-state index contributed by atoms with van der Waals surface area (Å²) in [6.45, 7) is 0.980. The second kappa shape index (κ2) is 6.18. The minimum Gasteiger partial charge on any atom is -0.480 e. The molecule has 0 radical (unpaired) electrons. The van der Waals surface area contributed by atoms with Crippen LogP contribution in [0.4, 0.5) is 0 Å². The molecule has 1 aromatic heterocycles. The fraction of sp³-hybridized carbons (Fsp3) is 0.231. The summed E-state index contributed by atoms with van der Waals surface area (Å²) in [6, 6.07) is 4.77. The largest absolute Gasteiger partial charge is 0.480 e. The summed E-state index contributed by atoms with van der Waals surface area (Å²) in [5.74, 6) is 0.488. The Balaban J connectivity index is 3.04. The molecule has 1 heterocycles. The van der Waals surface area contributed by atoms with E-state index in [1.54, 1.807) is 6.92 Å². The highest BCUT2D eigenvalue weighted by Crippen LogP contribution is 2.08. The summed E-state index contributed by atoms with van der Waals surface area (Å²) in [5.41, 5.74) is 0.829. The lowest BCUT2D eigenvalue weighted by Crippen LogP contribution is -2.36. The monoisotopic (exact) mass is 257 g/mol. The fourth-order valence-electron chi connectivity index (χ4n) is 1.43. The Morgan fingerprint density at radius 1 is 1.53 bits per heavy atom. The van der Waals surface area contributed by atoms with Gasteiger partial charge in [0.1, 0.15) is 18.3 Å². The van der Waals surface area contributed by atoms with Crippen LogP contribution in [0.2, 0.25) is 0 Å². The first-order valence-electron chi connectivity index (χ1n) is 5.32. The number of carboxylic acids is 1. The van der Waals surface area contributed by atoms with Crippen LogP contribution in [0.15, 0.2) is 12.1 Å². The average Bonchev–Trinajstić information content (AvgIpc) is 2.36. The lowest BCUT2D eigenvalue weighted by molar-refractivity contribution is -0.137. The van der Waals surface area contributed by atoms with Crippen molar-refractivity contribution in [3.05, 3.63) is 29.1 Å². The maximum Gasteiger partial charge on any atom is 0.323 e. The first kappa shape index (κ1) is 14.2. The van der Waals surface area contributed by atoms with Crippen LogP contribution < -0.4 is 0 Å². The number of carbonyl (C=O) groups is 2. The van der Waals surface area contributed by atoms with Crippen LogP contribution in [-0.2, 0) is 4.79 Å². The first-order chi connectivity index (χ1) is 8.99. The Labute approximate surface area is 110 Å². The minimum atomic E-state index is -1.16. The lowest BCUT2D eigenvalue weighted by atomic mass is 10.2. The topological polar surface area (TPSA) is 94.3 Å². The van der Waals surface area contributed by atoms with Crippen molar-refractivity contribution in [2.75, 3.05) is 13.1 Å². The summed E-state index contributed by atoms with van der Waals surface area (Å²) in [4.78, 5) is 27.7. The summed E-state index contributed by atoms with van der Waals surface area (Å²) < 4.78 is 0. The zero-order chi connectivity index (χ0) is 14.4. The molecule has 1 amide bonds. The van der Waals surface area contributed by atoms with Gasteiger partial charge >= 0.3 is 5.97 Å². The number of pyridine rings is 1. The van der Waals surface area contributed by atoms with Gasteiger partial charge in [0.2, 0.25) is 0 Å². The van der Waals surface area contributed by atoms with Gasteiger partial charge in [-0.1, -0.05) is 5.92 Å². The second-order valence-electron chi connectivity index (χ2n) is 3.70. The number of carboxylic acid groups (broad SMARTS) is 1. The van der Waals surface area contributed by atoms with Crippen LogP contribution >= 0.6 is 0 Å². The number of aryl methyl sites for hydroxylation is 1. The third-order valence-electron chi connectivity index (χ3n) is 2.32. The normalized spacial score (nSPS) is 9.21. The molecule has 0 bridgehead atoms. The number of carbonyl (C=O) groups excluding carboxylic acids is 1. The van der Waals surface area contributed by atoms with Crippen LogP contribution in [0, 0.1) is 30.6 Å². The number of nitrogens with zero attached hydrogens (tertiary/aromatic N) is 3. The average molecular weight is 257 g/mol. The van der Waals surface area contributed by atoms with Gasteiger partial charge in [-0.15, -0.1) is 6.42 Å². The van der Waals surface area contributed by atoms with E-state index in [2.05, 4.69) is 10.9 Å². The second-order valence-corrected chi connectivity index (χ2v) is 3.70. The third kappa shape index (κ3) is 3.55. The molecule has 0 aromatic carbocycles. The summed E-state index contributed by atoms with van der Waals surface area (Å²) in [6.07, 6.45) is 5.10. The molecule has 1 rings (SSSR count). The van der Waals surface area contributed by atoms with Crippen LogP contribution in [0.3, 0.4) is 0 Å². The van der Waals surface area contributed by atoms with Gasteiger partial charge in [0.05, 0.1) is 17.8 Å². The maximum absolute atomic E-state index is 12.0. The SMILES string of the molecule is C#CCN(CC(=O)O)C(=O)c1ccc(C#N)c(C)n1. The molecule has 0 aliphatic carbocycles. The van der Waals surface area contributed by atoms with Crippen molar-refractivity contribution in [2.24, 2.45) is 0 Å². The van der Waals surface area contributed by atoms with Crippen molar-refractivity contribution in [3.63, 3.8) is 0 Å². The molecule has 0 spiro atoms. The Hall–Kier alpha value is -2.86. The van der Waals surface area contributed by atoms with E-state index < -0.39 is 18.4 Å². The van der Waals surface area contributed by atoms with E-state index in [1.807, 2.05) is 6.07 Å². The lowest BCUT2D eigenvalue weighted by Gasteiger charge is -2.17. The smallest absolute Gasteiger partial charge is 0.323 e. The van der Waals surface area contributed by atoms with Gasteiger partial charge in [-0.2, -0.15) is 5.26 Å².